The molecule has 33 heavy (non-hydrogen) atoms. The maximum atomic E-state index is 13.1. The Bertz CT molecular complexity index is 652. The zero-order chi connectivity index (χ0) is 25.6. The molecule has 1 saturated heterocycles. The summed E-state index contributed by atoms with van der Waals surface area (Å²) >= 11 is 0. The van der Waals surface area contributed by atoms with Crippen molar-refractivity contribution in [3.8, 4) is 0 Å². The van der Waals surface area contributed by atoms with Gasteiger partial charge in [-0.2, -0.15) is 4.90 Å². The lowest BCUT2D eigenvalue weighted by Crippen LogP contribution is -2.53. The second-order valence-corrected chi connectivity index (χ2v) is 10.5. The fraction of sp³-hybridized carbons (Fsp3) is 0.870. The Morgan fingerprint density at radius 3 is 1.91 bits per heavy atom. The van der Waals surface area contributed by atoms with E-state index in [4.69, 9.17) is 18.9 Å². The van der Waals surface area contributed by atoms with Gasteiger partial charge in [0.2, 0.25) is 5.92 Å². The summed E-state index contributed by atoms with van der Waals surface area (Å²) < 4.78 is 48.0. The van der Waals surface area contributed by atoms with Crippen molar-refractivity contribution in [3.05, 3.63) is 0 Å². The lowest BCUT2D eigenvalue weighted by molar-refractivity contribution is -0.162. The van der Waals surface area contributed by atoms with Crippen molar-refractivity contribution >= 4 is 18.2 Å². The highest BCUT2D eigenvalue weighted by atomic mass is 19.3. The number of cyclic esters (lactones) is 1. The van der Waals surface area contributed by atoms with Gasteiger partial charge < -0.3 is 18.9 Å². The molecule has 1 rings (SSSR count). The van der Waals surface area contributed by atoms with Crippen LogP contribution in [0.2, 0.25) is 0 Å². The van der Waals surface area contributed by atoms with Crippen LogP contribution in [0.1, 0.15) is 87.5 Å². The molecular formula is C23H39F2NO7. The molecule has 0 radical (unpaired) electrons. The molecule has 3 atom stereocenters. The third-order valence-corrected chi connectivity index (χ3v) is 4.68. The maximum Gasteiger partial charge on any atom is 0.420 e. The molecule has 2 amide bonds. The Morgan fingerprint density at radius 2 is 1.45 bits per heavy atom. The van der Waals surface area contributed by atoms with Crippen LogP contribution in [0, 0.1) is 0 Å². The van der Waals surface area contributed by atoms with Crippen molar-refractivity contribution in [2.24, 2.45) is 0 Å². The van der Waals surface area contributed by atoms with Gasteiger partial charge in [-0.25, -0.2) is 23.2 Å². The number of hydrogen-bond donors (Lipinski definition) is 0. The third kappa shape index (κ3) is 11.1. The minimum Gasteiger partial charge on any atom is -0.458 e. The standard InChI is InChI=1S/C23H39F2NO7/c1-15-17(30-14-13-23(8,24)25)12-10-9-11-16(18(27)31-15)26(19(28)32-21(2,3)4)20(29)33-22(5,6)7/h15-17H,9-14H2,1-8H3/t15?,16-,17-/m0/s1. The summed E-state index contributed by atoms with van der Waals surface area (Å²) in [5.74, 6) is -3.67. The van der Waals surface area contributed by atoms with Crippen molar-refractivity contribution in [2.45, 2.75) is 123 Å². The van der Waals surface area contributed by atoms with Gasteiger partial charge in [-0.1, -0.05) is 12.8 Å². The molecule has 1 unspecified atom stereocenters. The molecule has 0 aromatic heterocycles. The van der Waals surface area contributed by atoms with Gasteiger partial charge in [0, 0.05) is 6.42 Å². The van der Waals surface area contributed by atoms with Crippen molar-refractivity contribution in [1.82, 2.24) is 4.90 Å². The van der Waals surface area contributed by atoms with Gasteiger partial charge in [-0.15, -0.1) is 0 Å². The van der Waals surface area contributed by atoms with Crippen LogP contribution in [-0.4, -0.2) is 65.0 Å². The van der Waals surface area contributed by atoms with E-state index in [9.17, 15) is 23.2 Å². The van der Waals surface area contributed by atoms with Crippen LogP contribution >= 0.6 is 0 Å². The average Bonchev–Trinajstić information content (AvgIpc) is 2.63. The molecule has 1 heterocycles. The quantitative estimate of drug-likeness (QED) is 0.382. The number of halogens is 2. The number of ether oxygens (including phenoxy) is 4. The number of hydrogen-bond acceptors (Lipinski definition) is 7. The number of carbonyl (C=O) groups excluding carboxylic acids is 3. The van der Waals surface area contributed by atoms with Crippen LogP contribution in [0.4, 0.5) is 18.4 Å². The fourth-order valence-corrected chi connectivity index (χ4v) is 3.17. The van der Waals surface area contributed by atoms with Crippen LogP contribution in [0.15, 0.2) is 0 Å². The van der Waals surface area contributed by atoms with Crippen LogP contribution in [0.5, 0.6) is 0 Å². The molecule has 8 nitrogen and oxygen atoms in total. The number of alkyl halides is 2. The minimum absolute atomic E-state index is 0.143. The van der Waals surface area contributed by atoms with E-state index in [2.05, 4.69) is 0 Å². The molecule has 1 aliphatic rings. The molecule has 1 fully saturated rings. The van der Waals surface area contributed by atoms with Crippen LogP contribution < -0.4 is 0 Å². The highest BCUT2D eigenvalue weighted by Crippen LogP contribution is 2.25. The summed E-state index contributed by atoms with van der Waals surface area (Å²) in [5, 5.41) is 0. The Hall–Kier alpha value is -1.97. The number of esters is 1. The van der Waals surface area contributed by atoms with Gasteiger partial charge in [-0.3, -0.25) is 0 Å². The molecule has 10 heteroatoms. The molecule has 0 saturated carbocycles. The molecule has 0 spiro atoms. The third-order valence-electron chi connectivity index (χ3n) is 4.68. The van der Waals surface area contributed by atoms with E-state index in [1.54, 1.807) is 48.5 Å². The van der Waals surface area contributed by atoms with E-state index >= 15 is 0 Å². The molecule has 0 aromatic rings. The van der Waals surface area contributed by atoms with E-state index in [0.29, 0.717) is 24.2 Å². The first-order valence-corrected chi connectivity index (χ1v) is 11.3. The first-order valence-electron chi connectivity index (χ1n) is 11.3. The largest absolute Gasteiger partial charge is 0.458 e. The second kappa shape index (κ2) is 11.4. The van der Waals surface area contributed by atoms with Gasteiger partial charge >= 0.3 is 18.2 Å². The first kappa shape index (κ1) is 29.1. The number of carbonyl (C=O) groups is 3. The Morgan fingerprint density at radius 1 is 0.970 bits per heavy atom. The van der Waals surface area contributed by atoms with E-state index in [1.807, 2.05) is 0 Å². The fourth-order valence-electron chi connectivity index (χ4n) is 3.17. The summed E-state index contributed by atoms with van der Waals surface area (Å²) in [4.78, 5) is 39.5. The molecule has 1 aliphatic heterocycles. The maximum absolute atomic E-state index is 13.1. The highest BCUT2D eigenvalue weighted by molar-refractivity contribution is 5.94. The van der Waals surface area contributed by atoms with E-state index in [-0.39, 0.29) is 13.0 Å². The van der Waals surface area contributed by atoms with Crippen molar-refractivity contribution in [3.63, 3.8) is 0 Å². The summed E-state index contributed by atoms with van der Waals surface area (Å²) in [6, 6.07) is -1.25. The van der Waals surface area contributed by atoms with Crippen molar-refractivity contribution in [2.75, 3.05) is 6.61 Å². The van der Waals surface area contributed by atoms with Crippen LogP contribution in [0.25, 0.3) is 0 Å². The molecule has 0 aliphatic carbocycles. The molecule has 0 aromatic carbocycles. The zero-order valence-corrected chi connectivity index (χ0v) is 21.0. The van der Waals surface area contributed by atoms with Gasteiger partial charge in [0.15, 0.2) is 0 Å². The molecule has 0 N–H and O–H groups in total. The van der Waals surface area contributed by atoms with Gasteiger partial charge in [0.25, 0.3) is 0 Å². The summed E-state index contributed by atoms with van der Waals surface area (Å²) in [7, 11) is 0. The zero-order valence-electron chi connectivity index (χ0n) is 21.0. The Kier molecular flexibility index (Phi) is 10.1. The number of amides is 2. The number of imide groups is 1. The van der Waals surface area contributed by atoms with E-state index < -0.39 is 60.0 Å². The number of rotatable bonds is 5. The average molecular weight is 480 g/mol. The summed E-state index contributed by atoms with van der Waals surface area (Å²) in [5.41, 5.74) is -1.82. The molecular weight excluding hydrogens is 440 g/mol. The van der Waals surface area contributed by atoms with Crippen LogP contribution in [0.3, 0.4) is 0 Å². The number of nitrogens with zero attached hydrogens (tertiary/aromatic N) is 1. The molecule has 0 bridgehead atoms. The van der Waals surface area contributed by atoms with Crippen molar-refractivity contribution in [1.29, 1.82) is 0 Å². The Balaban J connectivity index is 3.08. The smallest absolute Gasteiger partial charge is 0.420 e. The lowest BCUT2D eigenvalue weighted by atomic mass is 10.0. The monoisotopic (exact) mass is 479 g/mol. The van der Waals surface area contributed by atoms with Gasteiger partial charge in [0.05, 0.1) is 12.7 Å². The summed E-state index contributed by atoms with van der Waals surface area (Å²) in [6.07, 6.45) is -2.13. The minimum atomic E-state index is -2.86. The predicted octanol–water partition coefficient (Wildman–Crippen LogP) is 5.46. The SMILES string of the molecule is CC1OC(=O)[C@@H](N(C(=O)OC(C)(C)C)C(=O)OC(C)(C)C)CCCC[C@@H]1OCCC(C)(F)F. The predicted molar refractivity (Wildman–Crippen MR) is 117 cm³/mol. The first-order chi connectivity index (χ1) is 14.9. The molecule has 192 valence electrons. The normalized spacial score (nSPS) is 23.0. The summed E-state index contributed by atoms with van der Waals surface area (Å²) in [6.45, 7) is 12.1. The van der Waals surface area contributed by atoms with Crippen molar-refractivity contribution < 1.29 is 42.1 Å². The highest BCUT2D eigenvalue weighted by Gasteiger charge is 2.42. The topological polar surface area (TPSA) is 91.4 Å². The second-order valence-electron chi connectivity index (χ2n) is 10.5. The van der Waals surface area contributed by atoms with Gasteiger partial charge in [-0.05, 0) is 68.2 Å². The van der Waals surface area contributed by atoms with E-state index in [1.165, 1.54) is 0 Å². The van der Waals surface area contributed by atoms with E-state index in [0.717, 1.165) is 6.92 Å². The lowest BCUT2D eigenvalue weighted by Gasteiger charge is -2.32. The van der Waals surface area contributed by atoms with Crippen LogP contribution in [-0.2, 0) is 23.7 Å². The van der Waals surface area contributed by atoms with Gasteiger partial charge in [0.1, 0.15) is 23.3 Å². The Labute approximate surface area is 195 Å².